The molecule has 0 atom stereocenters. The summed E-state index contributed by atoms with van der Waals surface area (Å²) in [6, 6.07) is 7.32. The van der Waals surface area contributed by atoms with Crippen LogP contribution >= 0.6 is 11.6 Å². The van der Waals surface area contributed by atoms with E-state index in [9.17, 15) is 4.79 Å². The number of alkyl halides is 1. The Kier molecular flexibility index (Phi) is 5.90. The molecule has 0 aliphatic carbocycles. The van der Waals surface area contributed by atoms with E-state index in [4.69, 9.17) is 16.3 Å². The number of methoxy groups -OCH3 is 1. The fourth-order valence-corrected chi connectivity index (χ4v) is 1.48. The van der Waals surface area contributed by atoms with Crippen LogP contribution in [0.25, 0.3) is 0 Å². The summed E-state index contributed by atoms with van der Waals surface area (Å²) in [5.41, 5.74) is 1.60. The minimum atomic E-state index is -0.0666. The third-order valence-corrected chi connectivity index (χ3v) is 2.46. The van der Waals surface area contributed by atoms with E-state index in [1.54, 1.807) is 19.2 Å². The lowest BCUT2D eigenvalue weighted by molar-refractivity contribution is 0.0948. The number of hydrogen-bond acceptors (Lipinski definition) is 2. The van der Waals surface area contributed by atoms with Crippen LogP contribution in [0.5, 0.6) is 0 Å². The van der Waals surface area contributed by atoms with Crippen LogP contribution in [-0.2, 0) is 10.6 Å². The molecule has 0 aromatic heterocycles. The number of carbonyl (C=O) groups is 1. The fourth-order valence-electron chi connectivity index (χ4n) is 1.32. The average Bonchev–Trinajstić information content (AvgIpc) is 2.34. The molecule has 0 saturated heterocycles. The highest BCUT2D eigenvalue weighted by atomic mass is 35.5. The Morgan fingerprint density at radius 1 is 1.50 bits per heavy atom. The van der Waals surface area contributed by atoms with Gasteiger partial charge in [0.25, 0.3) is 5.91 Å². The predicted molar refractivity (Wildman–Crippen MR) is 64.8 cm³/mol. The largest absolute Gasteiger partial charge is 0.385 e. The molecule has 88 valence electrons. The van der Waals surface area contributed by atoms with Gasteiger partial charge >= 0.3 is 0 Å². The van der Waals surface area contributed by atoms with Crippen LogP contribution in [0.2, 0.25) is 0 Å². The molecule has 0 aliphatic heterocycles. The summed E-state index contributed by atoms with van der Waals surface area (Å²) < 4.78 is 4.90. The zero-order chi connectivity index (χ0) is 11.8. The van der Waals surface area contributed by atoms with Crippen molar-refractivity contribution in [2.75, 3.05) is 20.3 Å². The third kappa shape index (κ3) is 4.21. The Hall–Kier alpha value is -1.06. The molecule has 0 saturated carbocycles. The molecular weight excluding hydrogens is 226 g/mol. The monoisotopic (exact) mass is 241 g/mol. The van der Waals surface area contributed by atoms with Crippen LogP contribution in [0.4, 0.5) is 0 Å². The third-order valence-electron chi connectivity index (χ3n) is 2.15. The molecule has 0 bridgehead atoms. The van der Waals surface area contributed by atoms with Gasteiger partial charge in [0.1, 0.15) is 0 Å². The highest BCUT2D eigenvalue weighted by Gasteiger charge is 2.04. The standard InChI is InChI=1S/C12H16ClNO2/c1-16-7-3-6-14-12(15)11-5-2-4-10(8-11)9-13/h2,4-5,8H,3,6-7,9H2,1H3,(H,14,15). The van der Waals surface area contributed by atoms with Crippen LogP contribution in [0.1, 0.15) is 22.3 Å². The molecule has 0 fully saturated rings. The van der Waals surface area contributed by atoms with Gasteiger partial charge in [0, 0.05) is 31.7 Å². The summed E-state index contributed by atoms with van der Waals surface area (Å²) in [7, 11) is 1.64. The van der Waals surface area contributed by atoms with Gasteiger partial charge in [-0.15, -0.1) is 11.6 Å². The van der Waals surface area contributed by atoms with Gasteiger partial charge < -0.3 is 10.1 Å². The maximum Gasteiger partial charge on any atom is 0.251 e. The molecule has 4 heteroatoms. The van der Waals surface area contributed by atoms with Crippen LogP contribution in [0.15, 0.2) is 24.3 Å². The normalized spacial score (nSPS) is 10.1. The molecule has 0 unspecified atom stereocenters. The molecule has 0 heterocycles. The quantitative estimate of drug-likeness (QED) is 0.613. The van der Waals surface area contributed by atoms with Crippen molar-refractivity contribution in [3.63, 3.8) is 0 Å². The van der Waals surface area contributed by atoms with Gasteiger partial charge in [-0.2, -0.15) is 0 Å². The number of nitrogens with one attached hydrogen (secondary N) is 1. The Balaban J connectivity index is 2.46. The number of carbonyl (C=O) groups excluding carboxylic acids is 1. The number of ether oxygens (including phenoxy) is 1. The Bertz CT molecular complexity index is 342. The molecule has 1 aromatic carbocycles. The van der Waals surface area contributed by atoms with E-state index in [-0.39, 0.29) is 5.91 Å². The van der Waals surface area contributed by atoms with Crippen LogP contribution in [0, 0.1) is 0 Å². The predicted octanol–water partition coefficient (Wildman–Crippen LogP) is 2.19. The molecule has 1 amide bonds. The second-order valence-corrected chi connectivity index (χ2v) is 3.70. The van der Waals surface area contributed by atoms with Gasteiger partial charge in [-0.25, -0.2) is 0 Å². The topological polar surface area (TPSA) is 38.3 Å². The second kappa shape index (κ2) is 7.25. The lowest BCUT2D eigenvalue weighted by Crippen LogP contribution is -2.25. The van der Waals surface area contributed by atoms with Gasteiger partial charge in [0.05, 0.1) is 0 Å². The van der Waals surface area contributed by atoms with Crippen molar-refractivity contribution in [2.24, 2.45) is 0 Å². The van der Waals surface area contributed by atoms with Crippen molar-refractivity contribution < 1.29 is 9.53 Å². The van der Waals surface area contributed by atoms with Gasteiger partial charge in [0.15, 0.2) is 0 Å². The average molecular weight is 242 g/mol. The van der Waals surface area contributed by atoms with E-state index in [0.29, 0.717) is 24.6 Å². The lowest BCUT2D eigenvalue weighted by Gasteiger charge is -2.05. The first-order chi connectivity index (χ1) is 7.77. The molecule has 1 rings (SSSR count). The van der Waals surface area contributed by atoms with E-state index in [1.165, 1.54) is 0 Å². The van der Waals surface area contributed by atoms with E-state index < -0.39 is 0 Å². The molecule has 1 aromatic rings. The molecule has 0 spiro atoms. The van der Waals surface area contributed by atoms with Crippen molar-refractivity contribution in [3.05, 3.63) is 35.4 Å². The number of halogens is 1. The molecule has 16 heavy (non-hydrogen) atoms. The molecule has 3 nitrogen and oxygen atoms in total. The number of benzene rings is 1. The Morgan fingerprint density at radius 2 is 2.31 bits per heavy atom. The second-order valence-electron chi connectivity index (χ2n) is 3.44. The van der Waals surface area contributed by atoms with E-state index >= 15 is 0 Å². The van der Waals surface area contributed by atoms with Gasteiger partial charge in [0.2, 0.25) is 0 Å². The van der Waals surface area contributed by atoms with Gasteiger partial charge in [-0.3, -0.25) is 4.79 Å². The van der Waals surface area contributed by atoms with E-state index in [1.807, 2.05) is 12.1 Å². The van der Waals surface area contributed by atoms with Crippen molar-refractivity contribution in [1.82, 2.24) is 5.32 Å². The maximum atomic E-state index is 11.7. The van der Waals surface area contributed by atoms with Gasteiger partial charge in [-0.05, 0) is 24.1 Å². The summed E-state index contributed by atoms with van der Waals surface area (Å²) in [4.78, 5) is 11.7. The van der Waals surface area contributed by atoms with Crippen molar-refractivity contribution in [1.29, 1.82) is 0 Å². The van der Waals surface area contributed by atoms with Crippen molar-refractivity contribution in [3.8, 4) is 0 Å². The molecular formula is C12H16ClNO2. The SMILES string of the molecule is COCCCNC(=O)c1cccc(CCl)c1. The first kappa shape index (κ1) is 13.0. The number of hydrogen-bond donors (Lipinski definition) is 1. The summed E-state index contributed by atoms with van der Waals surface area (Å²) in [6.45, 7) is 1.28. The first-order valence-electron chi connectivity index (χ1n) is 5.20. The van der Waals surface area contributed by atoms with Crippen LogP contribution < -0.4 is 5.32 Å². The molecule has 0 radical (unpaired) electrons. The molecule has 1 N–H and O–H groups in total. The fraction of sp³-hybridized carbons (Fsp3) is 0.417. The van der Waals surface area contributed by atoms with Crippen LogP contribution in [-0.4, -0.2) is 26.2 Å². The highest BCUT2D eigenvalue weighted by Crippen LogP contribution is 2.07. The van der Waals surface area contributed by atoms with Crippen molar-refractivity contribution >= 4 is 17.5 Å². The first-order valence-corrected chi connectivity index (χ1v) is 5.73. The number of amides is 1. The minimum Gasteiger partial charge on any atom is -0.385 e. The Morgan fingerprint density at radius 3 is 3.00 bits per heavy atom. The highest BCUT2D eigenvalue weighted by molar-refractivity contribution is 6.17. The minimum absolute atomic E-state index is 0.0666. The summed E-state index contributed by atoms with van der Waals surface area (Å²) >= 11 is 5.70. The summed E-state index contributed by atoms with van der Waals surface area (Å²) in [6.07, 6.45) is 0.817. The Labute approximate surface area is 101 Å². The summed E-state index contributed by atoms with van der Waals surface area (Å²) in [5.74, 6) is 0.355. The smallest absolute Gasteiger partial charge is 0.251 e. The zero-order valence-corrected chi connectivity index (χ0v) is 10.1. The maximum absolute atomic E-state index is 11.7. The molecule has 0 aliphatic rings. The van der Waals surface area contributed by atoms with E-state index in [2.05, 4.69) is 5.32 Å². The van der Waals surface area contributed by atoms with E-state index in [0.717, 1.165) is 12.0 Å². The van der Waals surface area contributed by atoms with Crippen LogP contribution in [0.3, 0.4) is 0 Å². The zero-order valence-electron chi connectivity index (χ0n) is 9.33. The van der Waals surface area contributed by atoms with Crippen molar-refractivity contribution in [2.45, 2.75) is 12.3 Å². The van der Waals surface area contributed by atoms with Gasteiger partial charge in [-0.1, -0.05) is 12.1 Å². The summed E-state index contributed by atoms with van der Waals surface area (Å²) in [5, 5.41) is 2.82. The lowest BCUT2D eigenvalue weighted by atomic mass is 10.1. The number of rotatable bonds is 6.